The molecule has 1 N–H and O–H groups in total. The molecule has 9 heteroatoms. The molecule has 2 amide bonds. The van der Waals surface area contributed by atoms with Crippen LogP contribution >= 0.6 is 7.41 Å². The fourth-order valence-electron chi connectivity index (χ4n) is 3.92. The third kappa shape index (κ3) is 6.35. The minimum atomic E-state index is -2.40. The molecule has 0 bridgehead atoms. The van der Waals surface area contributed by atoms with E-state index in [0.29, 0.717) is 17.8 Å². The number of carbonyl (C=O) groups excluding carboxylic acids is 2. The first-order valence-corrected chi connectivity index (χ1v) is 13.6. The second-order valence-electron chi connectivity index (χ2n) is 8.86. The summed E-state index contributed by atoms with van der Waals surface area (Å²) in [6.07, 6.45) is 1.62. The average molecular weight is 469 g/mol. The Morgan fingerprint density at radius 2 is 2.03 bits per heavy atom. The van der Waals surface area contributed by atoms with E-state index in [9.17, 15) is 14.7 Å². The van der Waals surface area contributed by atoms with Crippen LogP contribution in [-0.2, 0) is 24.3 Å². The van der Waals surface area contributed by atoms with Crippen LogP contribution in [-0.4, -0.2) is 82.7 Å². The van der Waals surface area contributed by atoms with Crippen molar-refractivity contribution in [2.24, 2.45) is 0 Å². The number of aliphatic hydroxyl groups excluding tert-OH is 1. The van der Waals surface area contributed by atoms with E-state index in [1.54, 1.807) is 32.5 Å². The lowest BCUT2D eigenvalue weighted by molar-refractivity contribution is 0.0891. The van der Waals surface area contributed by atoms with E-state index in [1.165, 1.54) is 26.9 Å². The molecule has 8 nitrogen and oxygen atoms in total. The van der Waals surface area contributed by atoms with Crippen molar-refractivity contribution in [2.75, 3.05) is 40.0 Å². The summed E-state index contributed by atoms with van der Waals surface area (Å²) in [6, 6.07) is 14.2. The molecule has 0 fully saturated rings. The second kappa shape index (κ2) is 10.8. The smallest absolute Gasteiger partial charge is 0.352 e. The summed E-state index contributed by atoms with van der Waals surface area (Å²) in [5.74, 6) is 0. The lowest BCUT2D eigenvalue weighted by Gasteiger charge is -2.34. The van der Waals surface area contributed by atoms with Crippen LogP contribution < -0.4 is 0 Å². The van der Waals surface area contributed by atoms with Gasteiger partial charge in [0, 0.05) is 32.9 Å². The van der Waals surface area contributed by atoms with Gasteiger partial charge in [-0.25, -0.2) is 4.79 Å². The summed E-state index contributed by atoms with van der Waals surface area (Å²) in [7, 11) is -0.755. The molecule has 1 aliphatic heterocycles. The zero-order valence-electron chi connectivity index (χ0n) is 19.4. The third-order valence-corrected chi connectivity index (χ3v) is 7.94. The highest BCUT2D eigenvalue weighted by atomic mass is 31.2. The van der Waals surface area contributed by atoms with Crippen molar-refractivity contribution in [3.63, 3.8) is 0 Å². The highest BCUT2D eigenvalue weighted by Crippen LogP contribution is 2.52. The third-order valence-electron chi connectivity index (χ3n) is 5.84. The van der Waals surface area contributed by atoms with E-state index in [4.69, 9.17) is 5.26 Å². The van der Waals surface area contributed by atoms with Crippen LogP contribution in [0.4, 0.5) is 4.79 Å². The molecule has 1 unspecified atom stereocenters. The lowest BCUT2D eigenvalue weighted by Crippen LogP contribution is -2.47. The summed E-state index contributed by atoms with van der Waals surface area (Å²) in [5.41, 5.74) is 3.69. The molecule has 1 aromatic carbocycles. The van der Waals surface area contributed by atoms with E-state index >= 15 is 0 Å². The van der Waals surface area contributed by atoms with Gasteiger partial charge in [-0.15, -0.1) is 0 Å². The Morgan fingerprint density at radius 3 is 2.67 bits per heavy atom. The van der Waals surface area contributed by atoms with Crippen LogP contribution in [0.3, 0.4) is 0 Å². The number of aromatic nitrogens is 1. The normalized spacial score (nSPS) is 14.6. The largest absolute Gasteiger partial charge is 0.390 e. The predicted octanol–water partition coefficient (Wildman–Crippen LogP) is 2.61. The zero-order valence-corrected chi connectivity index (χ0v) is 20.3. The van der Waals surface area contributed by atoms with Gasteiger partial charge < -0.3 is 10.0 Å². The van der Waals surface area contributed by atoms with Crippen LogP contribution in [0, 0.1) is 11.3 Å². The predicted molar refractivity (Wildman–Crippen MR) is 129 cm³/mol. The molecular weight excluding hydrogens is 437 g/mol. The molecule has 2 heterocycles. The molecule has 0 radical (unpaired) electrons. The Hall–Kier alpha value is -2.85. The topological polar surface area (TPSA) is 101 Å². The Bertz CT molecular complexity index is 1020. The number of hydrogen-bond acceptors (Lipinski definition) is 6. The van der Waals surface area contributed by atoms with Crippen molar-refractivity contribution in [3.05, 3.63) is 65.0 Å². The molecule has 1 aliphatic rings. The van der Waals surface area contributed by atoms with Crippen molar-refractivity contribution < 1.29 is 14.7 Å². The second-order valence-corrected chi connectivity index (χ2v) is 12.5. The molecule has 0 aliphatic carbocycles. The van der Waals surface area contributed by atoms with Gasteiger partial charge in [-0.05, 0) is 29.7 Å². The van der Waals surface area contributed by atoms with Gasteiger partial charge in [-0.1, -0.05) is 24.3 Å². The van der Waals surface area contributed by atoms with Crippen LogP contribution in [0.1, 0.15) is 22.4 Å². The van der Waals surface area contributed by atoms with Gasteiger partial charge in [0.25, 0.3) is 6.03 Å². The van der Waals surface area contributed by atoms with Gasteiger partial charge in [0.2, 0.25) is 0 Å². The Labute approximate surface area is 195 Å². The zero-order chi connectivity index (χ0) is 24.0. The maximum Gasteiger partial charge on any atom is 0.352 e. The lowest BCUT2D eigenvalue weighted by atomic mass is 10.00. The summed E-state index contributed by atoms with van der Waals surface area (Å²) >= 11 is 0. The molecule has 174 valence electrons. The fourth-order valence-corrected chi connectivity index (χ4v) is 5.24. The van der Waals surface area contributed by atoms with Crippen LogP contribution in [0.5, 0.6) is 0 Å². The number of carbonyl (C=O) groups is 2. The fraction of sp³-hybridized carbons (Fsp3) is 0.417. The number of aliphatic hydroxyl groups is 1. The molecule has 0 spiro atoms. The summed E-state index contributed by atoms with van der Waals surface area (Å²) in [4.78, 5) is 33.0. The first-order chi connectivity index (χ1) is 15.7. The molecule has 1 aromatic heterocycles. The van der Waals surface area contributed by atoms with E-state index < -0.39 is 13.5 Å². The van der Waals surface area contributed by atoms with Crippen LogP contribution in [0.2, 0.25) is 0 Å². The Balaban J connectivity index is 1.65. The molecule has 2 aromatic rings. The summed E-state index contributed by atoms with van der Waals surface area (Å²) in [6.45, 7) is 5.90. The van der Waals surface area contributed by atoms with Gasteiger partial charge in [-0.3, -0.25) is 14.7 Å². The van der Waals surface area contributed by atoms with Crippen molar-refractivity contribution in [1.82, 2.24) is 19.5 Å². The van der Waals surface area contributed by atoms with Gasteiger partial charge in [-0.2, -0.15) is 9.93 Å². The van der Waals surface area contributed by atoms with Gasteiger partial charge >= 0.3 is 6.03 Å². The number of amides is 2. The maximum atomic E-state index is 13.3. The van der Waals surface area contributed by atoms with Crippen molar-refractivity contribution >= 4 is 19.5 Å². The highest BCUT2D eigenvalue weighted by molar-refractivity contribution is 7.86. The standard InChI is InChI=1S/C24H31N5O3P/c1-27(15-22-9-8-19(12-25)13-26-22)24(32)29(33(2,3)18-30)17-23(31)16-28-11-10-20-6-4-5-7-21(20)14-28/h4-9,13,18,23,31H,10-11,14-17H2,1-3H3/q+1. The number of hydrogen-bond donors (Lipinski definition) is 1. The molecular formula is C24H31N5O3P+. The van der Waals surface area contributed by atoms with E-state index in [0.717, 1.165) is 25.5 Å². The minimum absolute atomic E-state index is 0.0850. The first kappa shape index (κ1) is 24.8. The molecule has 0 saturated carbocycles. The minimum Gasteiger partial charge on any atom is -0.390 e. The number of fused-ring (bicyclic) bond motifs is 1. The van der Waals surface area contributed by atoms with E-state index in [-0.39, 0.29) is 19.1 Å². The maximum absolute atomic E-state index is 13.3. The van der Waals surface area contributed by atoms with Crippen LogP contribution in [0.15, 0.2) is 42.6 Å². The Morgan fingerprint density at radius 1 is 1.30 bits per heavy atom. The van der Waals surface area contributed by atoms with Crippen LogP contribution in [0.25, 0.3) is 0 Å². The number of nitrogens with zero attached hydrogens (tertiary/aromatic N) is 5. The number of urea groups is 1. The number of pyridine rings is 1. The molecule has 33 heavy (non-hydrogen) atoms. The molecule has 3 rings (SSSR count). The Kier molecular flexibility index (Phi) is 8.15. The number of β-amino-alcohol motifs (C(OH)–C–C–N with tert-alkyl or cyclic N) is 1. The molecule has 1 atom stereocenters. The van der Waals surface area contributed by atoms with Gasteiger partial charge in [0.05, 0.1) is 43.8 Å². The molecule has 0 saturated heterocycles. The quantitative estimate of drug-likeness (QED) is 0.472. The van der Waals surface area contributed by atoms with E-state index in [2.05, 4.69) is 22.0 Å². The van der Waals surface area contributed by atoms with E-state index in [1.807, 2.05) is 18.2 Å². The first-order valence-electron chi connectivity index (χ1n) is 10.9. The van der Waals surface area contributed by atoms with Gasteiger partial charge in [0.1, 0.15) is 6.07 Å². The number of nitriles is 1. The highest BCUT2D eigenvalue weighted by Gasteiger charge is 2.41. The van der Waals surface area contributed by atoms with Crippen molar-refractivity contribution in [3.8, 4) is 6.07 Å². The van der Waals surface area contributed by atoms with Gasteiger partial charge in [0.15, 0.2) is 7.41 Å². The number of benzene rings is 1. The summed E-state index contributed by atoms with van der Waals surface area (Å²) < 4.78 is 1.52. The van der Waals surface area contributed by atoms with Crippen molar-refractivity contribution in [1.29, 1.82) is 5.26 Å². The average Bonchev–Trinajstić information content (AvgIpc) is 2.82. The monoisotopic (exact) mass is 468 g/mol. The SMILES string of the molecule is CN(Cc1ccc(C#N)cn1)C(=O)N(CC(O)CN1CCc2ccccc2C1)[P+](C)(C)C=O. The van der Waals surface area contributed by atoms with Crippen molar-refractivity contribution in [2.45, 2.75) is 25.6 Å². The number of rotatable bonds is 8. The summed E-state index contributed by atoms with van der Waals surface area (Å²) in [5, 5.41) is 19.8.